The quantitative estimate of drug-likeness (QED) is 0.101. The Labute approximate surface area is 208 Å². The average Bonchev–Trinajstić information content (AvgIpc) is 3.22. The number of hydrogen-bond donors (Lipinski definition) is 0. The van der Waals surface area contributed by atoms with Gasteiger partial charge in [-0.2, -0.15) is 0 Å². The second-order valence-electron chi connectivity index (χ2n) is 10.5. The average molecular weight is 462 g/mol. The molecule has 0 atom stereocenters. The molecule has 0 saturated carbocycles. The van der Waals surface area contributed by atoms with E-state index in [4.69, 9.17) is 0 Å². The molecule has 1 aromatic heterocycles. The minimum atomic E-state index is 1.11. The van der Waals surface area contributed by atoms with E-state index in [-0.39, 0.29) is 0 Å². The zero-order chi connectivity index (χ0) is 23.8. The van der Waals surface area contributed by atoms with Gasteiger partial charge in [0.1, 0.15) is 12.4 Å². The summed E-state index contributed by atoms with van der Waals surface area (Å²) in [6.45, 7) is 9.21. The van der Waals surface area contributed by atoms with E-state index in [1.807, 2.05) is 0 Å². The van der Waals surface area contributed by atoms with Crippen molar-refractivity contribution < 1.29 is 4.57 Å². The van der Waals surface area contributed by atoms with Crippen molar-refractivity contribution in [2.45, 2.75) is 182 Å². The van der Waals surface area contributed by atoms with Crippen LogP contribution in [0.15, 0.2) is 12.4 Å². The first-order valence-electron chi connectivity index (χ1n) is 15.4. The smallest absolute Gasteiger partial charge is 0.235 e. The maximum absolute atomic E-state index is 2.54. The molecule has 33 heavy (non-hydrogen) atoms. The van der Waals surface area contributed by atoms with Gasteiger partial charge in [-0.15, -0.1) is 0 Å². The van der Waals surface area contributed by atoms with Gasteiger partial charge in [-0.05, 0) is 26.2 Å². The van der Waals surface area contributed by atoms with Crippen LogP contribution >= 0.6 is 0 Å². The lowest BCUT2D eigenvalue weighted by molar-refractivity contribution is -0.700. The van der Waals surface area contributed by atoms with Crippen molar-refractivity contribution in [3.8, 4) is 0 Å². The summed E-state index contributed by atoms with van der Waals surface area (Å²) >= 11 is 0. The van der Waals surface area contributed by atoms with Crippen LogP contribution in [0.25, 0.3) is 0 Å². The third-order valence-corrected chi connectivity index (χ3v) is 7.44. The van der Waals surface area contributed by atoms with Gasteiger partial charge in [0, 0.05) is 6.42 Å². The summed E-state index contributed by atoms with van der Waals surface area (Å²) in [5, 5.41) is 0. The first kappa shape index (κ1) is 30.2. The Balaban J connectivity index is 1.95. The molecule has 194 valence electrons. The number of hydrogen-bond acceptors (Lipinski definition) is 0. The standard InChI is InChI=1S/C31H61N2/c1-4-7-9-11-12-13-14-15-16-17-18-19-20-21-22-23-25-27-31-32(6-3)29-30-33(31)28-26-24-10-8-5-2/h29-30H,4-28H2,1-3H3/q+1. The van der Waals surface area contributed by atoms with Crippen molar-refractivity contribution in [3.63, 3.8) is 0 Å². The third kappa shape index (κ3) is 16.5. The summed E-state index contributed by atoms with van der Waals surface area (Å²) in [5.41, 5.74) is 0. The van der Waals surface area contributed by atoms with Crippen LogP contribution < -0.4 is 4.57 Å². The Morgan fingerprint density at radius 3 is 1.33 bits per heavy atom. The zero-order valence-corrected chi connectivity index (χ0v) is 23.2. The Morgan fingerprint density at radius 2 is 0.909 bits per heavy atom. The molecular weight excluding hydrogens is 400 g/mol. The van der Waals surface area contributed by atoms with Crippen LogP contribution in [-0.4, -0.2) is 4.57 Å². The van der Waals surface area contributed by atoms with Crippen molar-refractivity contribution in [2.24, 2.45) is 0 Å². The van der Waals surface area contributed by atoms with E-state index < -0.39 is 0 Å². The van der Waals surface area contributed by atoms with Crippen LogP contribution in [0.1, 0.15) is 168 Å². The summed E-state index contributed by atoms with van der Waals surface area (Å²) in [7, 11) is 0. The molecule has 0 aromatic carbocycles. The fraction of sp³-hybridized carbons (Fsp3) is 0.903. The fourth-order valence-corrected chi connectivity index (χ4v) is 5.17. The number of aryl methyl sites for hydroxylation is 2. The van der Waals surface area contributed by atoms with Crippen molar-refractivity contribution in [1.82, 2.24) is 4.57 Å². The number of aromatic nitrogens is 2. The molecule has 1 heterocycles. The predicted octanol–water partition coefficient (Wildman–Crippen LogP) is 9.96. The lowest BCUT2D eigenvalue weighted by Crippen LogP contribution is -2.36. The van der Waals surface area contributed by atoms with Gasteiger partial charge in [-0.25, -0.2) is 9.13 Å². The van der Waals surface area contributed by atoms with Gasteiger partial charge in [-0.1, -0.05) is 136 Å². The lowest BCUT2D eigenvalue weighted by Gasteiger charge is -2.05. The van der Waals surface area contributed by atoms with Crippen molar-refractivity contribution in [2.75, 3.05) is 0 Å². The van der Waals surface area contributed by atoms with E-state index in [2.05, 4.69) is 42.3 Å². The highest BCUT2D eigenvalue weighted by molar-refractivity contribution is 4.84. The highest BCUT2D eigenvalue weighted by atomic mass is 15.1. The molecule has 0 bridgehead atoms. The predicted molar refractivity (Wildman–Crippen MR) is 147 cm³/mol. The molecule has 0 saturated heterocycles. The fourth-order valence-electron chi connectivity index (χ4n) is 5.17. The summed E-state index contributed by atoms with van der Waals surface area (Å²) in [6.07, 6.45) is 37.4. The molecule has 1 rings (SSSR count). The molecular formula is C31H61N2+. The van der Waals surface area contributed by atoms with E-state index in [0.717, 1.165) is 6.54 Å². The molecule has 2 heteroatoms. The molecule has 0 fully saturated rings. The number of nitrogens with zero attached hydrogens (tertiary/aromatic N) is 2. The monoisotopic (exact) mass is 461 g/mol. The van der Waals surface area contributed by atoms with E-state index in [1.165, 1.54) is 154 Å². The summed E-state index contributed by atoms with van der Waals surface area (Å²) in [4.78, 5) is 0. The lowest BCUT2D eigenvalue weighted by atomic mass is 10.0. The minimum Gasteiger partial charge on any atom is -0.235 e. The molecule has 0 radical (unpaired) electrons. The van der Waals surface area contributed by atoms with E-state index >= 15 is 0 Å². The maximum Gasteiger partial charge on any atom is 0.256 e. The normalized spacial score (nSPS) is 11.5. The highest BCUT2D eigenvalue weighted by Crippen LogP contribution is 2.15. The molecule has 0 unspecified atom stereocenters. The van der Waals surface area contributed by atoms with E-state index in [9.17, 15) is 0 Å². The van der Waals surface area contributed by atoms with Gasteiger partial charge < -0.3 is 0 Å². The van der Waals surface area contributed by atoms with Gasteiger partial charge >= 0.3 is 0 Å². The first-order valence-corrected chi connectivity index (χ1v) is 15.4. The molecule has 0 spiro atoms. The molecule has 0 aliphatic rings. The van der Waals surface area contributed by atoms with Gasteiger partial charge in [-0.3, -0.25) is 0 Å². The topological polar surface area (TPSA) is 8.81 Å². The zero-order valence-electron chi connectivity index (χ0n) is 23.2. The molecule has 0 amide bonds. The number of imidazole rings is 1. The molecule has 0 aliphatic carbocycles. The molecule has 0 aliphatic heterocycles. The highest BCUT2D eigenvalue weighted by Gasteiger charge is 2.15. The largest absolute Gasteiger partial charge is 0.256 e. The van der Waals surface area contributed by atoms with Gasteiger partial charge in [0.15, 0.2) is 0 Å². The Bertz CT molecular complexity index is 519. The Morgan fingerprint density at radius 1 is 0.515 bits per heavy atom. The molecule has 1 aromatic rings. The summed E-state index contributed by atoms with van der Waals surface area (Å²) < 4.78 is 5.01. The maximum atomic E-state index is 2.54. The first-order chi connectivity index (χ1) is 16.3. The SMILES string of the molecule is CCCCCCCCCCCCCCCCCCCc1n(CCCCCCC)cc[n+]1CC. The second kappa shape index (κ2) is 23.0. The van der Waals surface area contributed by atoms with Crippen LogP contribution in [0.2, 0.25) is 0 Å². The van der Waals surface area contributed by atoms with Gasteiger partial charge in [0.05, 0.1) is 13.1 Å². The summed E-state index contributed by atoms with van der Waals surface area (Å²) in [6, 6.07) is 0. The van der Waals surface area contributed by atoms with Gasteiger partial charge in [0.25, 0.3) is 5.82 Å². The Hall–Kier alpha value is -0.790. The third-order valence-electron chi connectivity index (χ3n) is 7.44. The summed E-state index contributed by atoms with van der Waals surface area (Å²) in [5.74, 6) is 1.56. The van der Waals surface area contributed by atoms with Gasteiger partial charge in [0.2, 0.25) is 0 Å². The van der Waals surface area contributed by atoms with E-state index in [1.54, 1.807) is 5.82 Å². The Kier molecular flexibility index (Phi) is 21.1. The van der Waals surface area contributed by atoms with E-state index in [0.29, 0.717) is 0 Å². The van der Waals surface area contributed by atoms with Crippen LogP contribution in [-0.2, 0) is 19.5 Å². The molecule has 0 N–H and O–H groups in total. The second-order valence-corrected chi connectivity index (χ2v) is 10.5. The van der Waals surface area contributed by atoms with Crippen molar-refractivity contribution in [3.05, 3.63) is 18.2 Å². The van der Waals surface area contributed by atoms with Crippen LogP contribution in [0.3, 0.4) is 0 Å². The minimum absolute atomic E-state index is 1.11. The van der Waals surface area contributed by atoms with Crippen molar-refractivity contribution >= 4 is 0 Å². The van der Waals surface area contributed by atoms with Crippen LogP contribution in [0, 0.1) is 0 Å². The molecule has 2 nitrogen and oxygen atoms in total. The van der Waals surface area contributed by atoms with Crippen molar-refractivity contribution in [1.29, 1.82) is 0 Å². The number of rotatable bonds is 25. The van der Waals surface area contributed by atoms with Crippen LogP contribution in [0.5, 0.6) is 0 Å². The van der Waals surface area contributed by atoms with Crippen LogP contribution in [0.4, 0.5) is 0 Å². The number of unbranched alkanes of at least 4 members (excludes halogenated alkanes) is 20.